The minimum atomic E-state index is -0.339. The van der Waals surface area contributed by atoms with Crippen LogP contribution in [0.1, 0.15) is 18.4 Å². The first-order valence-corrected chi connectivity index (χ1v) is 7.88. The number of rotatable bonds is 4. The predicted molar refractivity (Wildman–Crippen MR) is 87.3 cm³/mol. The maximum Gasteiger partial charge on any atom is 0.227 e. The average molecular weight is 313 g/mol. The molecule has 1 aromatic carbocycles. The van der Waals surface area contributed by atoms with Gasteiger partial charge in [0.05, 0.1) is 0 Å². The Balaban J connectivity index is 1.49. The van der Waals surface area contributed by atoms with Crippen LogP contribution in [-0.2, 0) is 11.3 Å². The number of anilines is 1. The smallest absolute Gasteiger partial charge is 0.227 e. The van der Waals surface area contributed by atoms with Crippen LogP contribution in [0.25, 0.3) is 0 Å². The van der Waals surface area contributed by atoms with Crippen LogP contribution in [0.2, 0.25) is 0 Å². The van der Waals surface area contributed by atoms with Gasteiger partial charge in [-0.25, -0.2) is 4.39 Å². The Morgan fingerprint density at radius 1 is 1.26 bits per heavy atom. The third-order valence-corrected chi connectivity index (χ3v) is 4.18. The van der Waals surface area contributed by atoms with Crippen molar-refractivity contribution >= 4 is 11.6 Å². The maximum absolute atomic E-state index is 13.2. The molecule has 1 aromatic heterocycles. The van der Waals surface area contributed by atoms with Crippen molar-refractivity contribution in [2.24, 2.45) is 5.92 Å². The lowest BCUT2D eigenvalue weighted by atomic mass is 9.95. The number of likely N-dealkylation sites (tertiary alicyclic amines) is 1. The lowest BCUT2D eigenvalue weighted by Gasteiger charge is -2.31. The van der Waals surface area contributed by atoms with Crippen molar-refractivity contribution in [2.45, 2.75) is 19.4 Å². The number of carbonyl (C=O) groups is 1. The normalized spacial score (nSPS) is 16.2. The SMILES string of the molecule is O=C(Nc1cccc(F)c1)C1CCN(Cc2cccnc2)CC1. The highest BCUT2D eigenvalue weighted by Gasteiger charge is 2.25. The van der Waals surface area contributed by atoms with Gasteiger partial charge < -0.3 is 5.32 Å². The first-order valence-electron chi connectivity index (χ1n) is 7.88. The fraction of sp³-hybridized carbons (Fsp3) is 0.333. The molecule has 0 unspecified atom stereocenters. The van der Waals surface area contributed by atoms with Gasteiger partial charge in [-0.2, -0.15) is 0 Å². The monoisotopic (exact) mass is 313 g/mol. The van der Waals surface area contributed by atoms with Gasteiger partial charge in [0.15, 0.2) is 0 Å². The van der Waals surface area contributed by atoms with Crippen LogP contribution >= 0.6 is 0 Å². The summed E-state index contributed by atoms with van der Waals surface area (Å²) in [7, 11) is 0. The van der Waals surface area contributed by atoms with E-state index in [0.29, 0.717) is 5.69 Å². The number of hydrogen-bond acceptors (Lipinski definition) is 3. The van der Waals surface area contributed by atoms with Crippen LogP contribution in [0.4, 0.5) is 10.1 Å². The molecule has 1 amide bonds. The van der Waals surface area contributed by atoms with Crippen molar-refractivity contribution in [1.82, 2.24) is 9.88 Å². The number of pyridine rings is 1. The van der Waals surface area contributed by atoms with Gasteiger partial charge in [-0.1, -0.05) is 12.1 Å². The Morgan fingerprint density at radius 3 is 2.78 bits per heavy atom. The molecule has 0 bridgehead atoms. The van der Waals surface area contributed by atoms with E-state index in [9.17, 15) is 9.18 Å². The second kappa shape index (κ2) is 7.33. The standard InChI is InChI=1S/C18H20FN3O/c19-16-4-1-5-17(11-16)21-18(23)15-6-9-22(10-7-15)13-14-3-2-8-20-12-14/h1-5,8,11-12,15H,6-7,9-10,13H2,(H,21,23). The minimum absolute atomic E-state index is 0.0107. The number of halogens is 1. The second-order valence-corrected chi connectivity index (χ2v) is 5.91. The van der Waals surface area contributed by atoms with E-state index >= 15 is 0 Å². The molecule has 2 aromatic rings. The van der Waals surface area contributed by atoms with Crippen LogP contribution < -0.4 is 5.32 Å². The van der Waals surface area contributed by atoms with E-state index in [1.54, 1.807) is 18.3 Å². The van der Waals surface area contributed by atoms with Crippen molar-refractivity contribution in [2.75, 3.05) is 18.4 Å². The first-order chi connectivity index (χ1) is 11.2. The summed E-state index contributed by atoms with van der Waals surface area (Å²) in [4.78, 5) is 18.7. The molecule has 2 heterocycles. The molecule has 23 heavy (non-hydrogen) atoms. The zero-order valence-corrected chi connectivity index (χ0v) is 12.9. The van der Waals surface area contributed by atoms with Gasteiger partial charge in [0, 0.05) is 30.5 Å². The molecule has 0 spiro atoms. The highest BCUT2D eigenvalue weighted by molar-refractivity contribution is 5.92. The van der Waals surface area contributed by atoms with Crippen LogP contribution in [0.5, 0.6) is 0 Å². The molecular weight excluding hydrogens is 293 g/mol. The van der Waals surface area contributed by atoms with Gasteiger partial charge in [0.1, 0.15) is 5.82 Å². The highest BCUT2D eigenvalue weighted by atomic mass is 19.1. The molecule has 1 fully saturated rings. The highest BCUT2D eigenvalue weighted by Crippen LogP contribution is 2.21. The summed E-state index contributed by atoms with van der Waals surface area (Å²) in [5.74, 6) is -0.367. The summed E-state index contributed by atoms with van der Waals surface area (Å²) in [6.07, 6.45) is 5.29. The molecule has 1 aliphatic rings. The number of benzene rings is 1. The van der Waals surface area contributed by atoms with Gasteiger partial charge in [-0.3, -0.25) is 14.7 Å². The summed E-state index contributed by atoms with van der Waals surface area (Å²) in [5, 5.41) is 2.81. The Labute approximate surface area is 135 Å². The third kappa shape index (κ3) is 4.36. The van der Waals surface area contributed by atoms with Crippen LogP contribution in [0.3, 0.4) is 0 Å². The average Bonchev–Trinajstić information content (AvgIpc) is 2.56. The number of hydrogen-bond donors (Lipinski definition) is 1. The lowest BCUT2D eigenvalue weighted by Crippen LogP contribution is -2.37. The molecule has 0 saturated carbocycles. The van der Waals surface area contributed by atoms with E-state index in [1.165, 1.54) is 17.7 Å². The molecule has 120 valence electrons. The number of amides is 1. The summed E-state index contributed by atoms with van der Waals surface area (Å²) < 4.78 is 13.2. The zero-order valence-electron chi connectivity index (χ0n) is 12.9. The molecule has 0 atom stereocenters. The lowest BCUT2D eigenvalue weighted by molar-refractivity contribution is -0.121. The van der Waals surface area contributed by atoms with E-state index in [1.807, 2.05) is 12.3 Å². The van der Waals surface area contributed by atoms with E-state index in [0.717, 1.165) is 32.5 Å². The number of aromatic nitrogens is 1. The van der Waals surface area contributed by atoms with Crippen molar-refractivity contribution < 1.29 is 9.18 Å². The van der Waals surface area contributed by atoms with Crippen LogP contribution in [-0.4, -0.2) is 28.9 Å². The minimum Gasteiger partial charge on any atom is -0.326 e. The molecule has 1 saturated heterocycles. The van der Waals surface area contributed by atoms with Gasteiger partial charge in [0.2, 0.25) is 5.91 Å². The van der Waals surface area contributed by atoms with Gasteiger partial charge in [0.25, 0.3) is 0 Å². The topological polar surface area (TPSA) is 45.2 Å². The summed E-state index contributed by atoms with van der Waals surface area (Å²) in [5.41, 5.74) is 1.71. The molecule has 5 heteroatoms. The number of nitrogens with one attached hydrogen (secondary N) is 1. The van der Waals surface area contributed by atoms with Crippen molar-refractivity contribution in [3.8, 4) is 0 Å². The van der Waals surface area contributed by atoms with Crippen LogP contribution in [0, 0.1) is 11.7 Å². The Hall–Kier alpha value is -2.27. The summed E-state index contributed by atoms with van der Waals surface area (Å²) in [6, 6.07) is 10.0. The van der Waals surface area contributed by atoms with E-state index < -0.39 is 0 Å². The first kappa shape index (κ1) is 15.6. The molecule has 1 aliphatic heterocycles. The van der Waals surface area contributed by atoms with Crippen LogP contribution in [0.15, 0.2) is 48.8 Å². The van der Waals surface area contributed by atoms with Crippen molar-refractivity contribution in [1.29, 1.82) is 0 Å². The van der Waals surface area contributed by atoms with E-state index in [-0.39, 0.29) is 17.6 Å². The number of nitrogens with zero attached hydrogens (tertiary/aromatic N) is 2. The molecular formula is C18H20FN3O. The predicted octanol–water partition coefficient (Wildman–Crippen LogP) is 3.07. The molecule has 0 aliphatic carbocycles. The number of carbonyl (C=O) groups excluding carboxylic acids is 1. The third-order valence-electron chi connectivity index (χ3n) is 4.18. The van der Waals surface area contributed by atoms with Crippen molar-refractivity contribution in [3.63, 3.8) is 0 Å². The zero-order chi connectivity index (χ0) is 16.1. The summed E-state index contributed by atoms with van der Waals surface area (Å²) >= 11 is 0. The van der Waals surface area contributed by atoms with E-state index in [2.05, 4.69) is 21.3 Å². The Kier molecular flexibility index (Phi) is 4.98. The van der Waals surface area contributed by atoms with Gasteiger partial charge in [-0.05, 0) is 55.8 Å². The molecule has 3 rings (SSSR count). The fourth-order valence-electron chi connectivity index (χ4n) is 2.91. The van der Waals surface area contributed by atoms with Gasteiger partial charge >= 0.3 is 0 Å². The quantitative estimate of drug-likeness (QED) is 0.943. The Bertz CT molecular complexity index is 654. The second-order valence-electron chi connectivity index (χ2n) is 5.91. The largest absolute Gasteiger partial charge is 0.326 e. The molecule has 4 nitrogen and oxygen atoms in total. The molecule has 1 N–H and O–H groups in total. The van der Waals surface area contributed by atoms with E-state index in [4.69, 9.17) is 0 Å². The fourth-order valence-corrected chi connectivity index (χ4v) is 2.91. The van der Waals surface area contributed by atoms with Gasteiger partial charge in [-0.15, -0.1) is 0 Å². The summed E-state index contributed by atoms with van der Waals surface area (Å²) in [6.45, 7) is 2.64. The van der Waals surface area contributed by atoms with Crippen molar-refractivity contribution in [3.05, 3.63) is 60.2 Å². The maximum atomic E-state index is 13.2. The number of piperidine rings is 1. The Morgan fingerprint density at radius 2 is 2.09 bits per heavy atom. The molecule has 0 radical (unpaired) electrons.